The van der Waals surface area contributed by atoms with Gasteiger partial charge in [0.1, 0.15) is 23.1 Å². The smallest absolute Gasteiger partial charge is 0.262 e. The second-order valence-electron chi connectivity index (χ2n) is 8.81. The molecule has 0 fully saturated rings. The molecule has 1 N–H and O–H groups in total. The van der Waals surface area contributed by atoms with Crippen LogP contribution in [-0.2, 0) is 4.79 Å². The fraction of sp³-hybridized carbons (Fsp3) is 0.194. The number of amides is 1. The van der Waals surface area contributed by atoms with E-state index in [-0.39, 0.29) is 11.6 Å². The molecule has 37 heavy (non-hydrogen) atoms. The summed E-state index contributed by atoms with van der Waals surface area (Å²) < 4.78 is 7.55. The number of carbonyl (C=O) groups excluding carboxylic acids is 1. The summed E-state index contributed by atoms with van der Waals surface area (Å²) in [6.45, 7) is 6.62. The van der Waals surface area contributed by atoms with E-state index < -0.39 is 5.91 Å². The molecule has 1 unspecified atom stereocenters. The van der Waals surface area contributed by atoms with Crippen molar-refractivity contribution in [2.75, 3.05) is 6.61 Å². The third kappa shape index (κ3) is 6.14. The van der Waals surface area contributed by atoms with Crippen molar-refractivity contribution in [3.8, 4) is 28.8 Å². The predicted molar refractivity (Wildman–Crippen MR) is 146 cm³/mol. The van der Waals surface area contributed by atoms with Gasteiger partial charge in [-0.25, -0.2) is 4.68 Å². The summed E-state index contributed by atoms with van der Waals surface area (Å²) in [6, 6.07) is 27.1. The van der Waals surface area contributed by atoms with E-state index in [1.807, 2.05) is 98.9 Å². The number of nitriles is 1. The van der Waals surface area contributed by atoms with E-state index in [4.69, 9.17) is 9.84 Å². The summed E-state index contributed by atoms with van der Waals surface area (Å²) in [5.41, 5.74) is 5.10. The molecule has 0 aliphatic rings. The van der Waals surface area contributed by atoms with Gasteiger partial charge in [0, 0.05) is 17.3 Å². The van der Waals surface area contributed by atoms with Crippen LogP contribution in [0, 0.1) is 18.3 Å². The Bertz CT molecular complexity index is 1430. The van der Waals surface area contributed by atoms with Crippen molar-refractivity contribution in [2.45, 2.75) is 33.2 Å². The maximum atomic E-state index is 13.1. The number of aryl methyl sites for hydroxylation is 1. The summed E-state index contributed by atoms with van der Waals surface area (Å²) in [5.74, 6) is 0.368. The highest BCUT2D eigenvalue weighted by Crippen LogP contribution is 2.31. The minimum Gasteiger partial charge on any atom is -0.494 e. The summed E-state index contributed by atoms with van der Waals surface area (Å²) in [7, 11) is 0. The Kier molecular flexibility index (Phi) is 8.17. The largest absolute Gasteiger partial charge is 0.494 e. The van der Waals surface area contributed by atoms with Crippen LogP contribution in [0.4, 0.5) is 0 Å². The highest BCUT2D eigenvalue weighted by Gasteiger charge is 2.18. The van der Waals surface area contributed by atoms with Gasteiger partial charge in [-0.05, 0) is 67.8 Å². The number of carbonyl (C=O) groups is 1. The zero-order valence-corrected chi connectivity index (χ0v) is 21.3. The van der Waals surface area contributed by atoms with Gasteiger partial charge in [0.2, 0.25) is 0 Å². The molecule has 0 bridgehead atoms. The zero-order valence-electron chi connectivity index (χ0n) is 21.3. The van der Waals surface area contributed by atoms with Gasteiger partial charge in [0.25, 0.3) is 5.91 Å². The van der Waals surface area contributed by atoms with E-state index in [2.05, 4.69) is 18.3 Å². The van der Waals surface area contributed by atoms with Crippen molar-refractivity contribution in [3.63, 3.8) is 0 Å². The Hall–Kier alpha value is -4.63. The molecule has 0 aliphatic heterocycles. The van der Waals surface area contributed by atoms with Gasteiger partial charge in [0.15, 0.2) is 0 Å². The Morgan fingerprint density at radius 1 is 1.11 bits per heavy atom. The van der Waals surface area contributed by atoms with Crippen molar-refractivity contribution >= 4 is 12.0 Å². The molecule has 1 amide bonds. The van der Waals surface area contributed by atoms with Gasteiger partial charge < -0.3 is 10.1 Å². The number of para-hydroxylation sites is 1. The molecule has 0 spiro atoms. The quantitative estimate of drug-likeness (QED) is 0.217. The van der Waals surface area contributed by atoms with E-state index in [0.717, 1.165) is 34.5 Å². The van der Waals surface area contributed by atoms with Crippen LogP contribution in [0.2, 0.25) is 0 Å². The van der Waals surface area contributed by atoms with Gasteiger partial charge >= 0.3 is 0 Å². The van der Waals surface area contributed by atoms with Crippen molar-refractivity contribution in [2.24, 2.45) is 0 Å². The number of hydrogen-bond donors (Lipinski definition) is 1. The first-order chi connectivity index (χ1) is 18.0. The van der Waals surface area contributed by atoms with Crippen molar-refractivity contribution in [1.29, 1.82) is 5.26 Å². The summed E-state index contributed by atoms with van der Waals surface area (Å²) >= 11 is 0. The van der Waals surface area contributed by atoms with E-state index in [1.54, 1.807) is 10.8 Å². The molecule has 186 valence electrons. The van der Waals surface area contributed by atoms with Crippen LogP contribution in [0.5, 0.6) is 5.75 Å². The van der Waals surface area contributed by atoms with Crippen LogP contribution < -0.4 is 10.1 Å². The second-order valence-corrected chi connectivity index (χ2v) is 8.81. The number of rotatable bonds is 9. The first kappa shape index (κ1) is 25.5. The molecular formula is C31H30N4O2. The average Bonchev–Trinajstić information content (AvgIpc) is 3.35. The Balaban J connectivity index is 1.72. The summed E-state index contributed by atoms with van der Waals surface area (Å²) in [5, 5.41) is 17.7. The van der Waals surface area contributed by atoms with Crippen LogP contribution in [-0.4, -0.2) is 22.3 Å². The molecule has 0 saturated carbocycles. The Morgan fingerprint density at radius 2 is 1.81 bits per heavy atom. The third-order valence-electron chi connectivity index (χ3n) is 6.00. The maximum absolute atomic E-state index is 13.1. The summed E-state index contributed by atoms with van der Waals surface area (Å²) in [4.78, 5) is 13.1. The van der Waals surface area contributed by atoms with E-state index in [9.17, 15) is 10.1 Å². The minimum atomic E-state index is -0.433. The lowest BCUT2D eigenvalue weighted by molar-refractivity contribution is -0.117. The van der Waals surface area contributed by atoms with Gasteiger partial charge in [-0.15, -0.1) is 0 Å². The van der Waals surface area contributed by atoms with Crippen molar-refractivity contribution in [1.82, 2.24) is 15.1 Å². The Labute approximate surface area is 217 Å². The van der Waals surface area contributed by atoms with Crippen LogP contribution >= 0.6 is 0 Å². The number of ether oxygens (including phenoxy) is 1. The minimum absolute atomic E-state index is 0.0113. The topological polar surface area (TPSA) is 79.9 Å². The number of hydrogen-bond acceptors (Lipinski definition) is 4. The normalized spacial score (nSPS) is 12.0. The molecule has 6 heteroatoms. The lowest BCUT2D eigenvalue weighted by Gasteiger charge is -2.13. The lowest BCUT2D eigenvalue weighted by Crippen LogP contribution is -2.27. The molecule has 6 nitrogen and oxygen atoms in total. The van der Waals surface area contributed by atoms with Crippen molar-refractivity contribution in [3.05, 3.63) is 107 Å². The second kappa shape index (κ2) is 11.9. The molecular weight excluding hydrogens is 460 g/mol. The van der Waals surface area contributed by atoms with Gasteiger partial charge in [0.05, 0.1) is 18.3 Å². The summed E-state index contributed by atoms with van der Waals surface area (Å²) in [6.07, 6.45) is 4.38. The average molecular weight is 491 g/mol. The van der Waals surface area contributed by atoms with Crippen molar-refractivity contribution < 1.29 is 9.53 Å². The highest BCUT2D eigenvalue weighted by atomic mass is 16.5. The maximum Gasteiger partial charge on any atom is 0.262 e. The zero-order chi connectivity index (χ0) is 26.2. The first-order valence-corrected chi connectivity index (χ1v) is 12.4. The molecule has 3 aromatic carbocycles. The molecule has 0 saturated heterocycles. The van der Waals surface area contributed by atoms with Crippen LogP contribution in [0.1, 0.15) is 43.0 Å². The number of nitrogens with zero attached hydrogens (tertiary/aromatic N) is 3. The molecule has 1 aromatic heterocycles. The van der Waals surface area contributed by atoms with Gasteiger partial charge in [-0.1, -0.05) is 55.5 Å². The van der Waals surface area contributed by atoms with Crippen LogP contribution in [0.3, 0.4) is 0 Å². The van der Waals surface area contributed by atoms with Crippen LogP contribution in [0.25, 0.3) is 23.0 Å². The third-order valence-corrected chi connectivity index (χ3v) is 6.00. The van der Waals surface area contributed by atoms with Gasteiger partial charge in [-0.2, -0.15) is 10.4 Å². The number of nitrogens with one attached hydrogen (secondary N) is 1. The SMILES string of the molecule is CCCOc1ccc(-c2nn(-c3ccccc3)cc2/C=C(/C#N)C(=O)NC(C)c2ccccc2)c(C)c1. The number of aromatic nitrogens is 2. The van der Waals surface area contributed by atoms with Gasteiger partial charge in [-0.3, -0.25) is 4.79 Å². The predicted octanol–water partition coefficient (Wildman–Crippen LogP) is 6.42. The molecule has 4 rings (SSSR count). The molecule has 0 radical (unpaired) electrons. The lowest BCUT2D eigenvalue weighted by atomic mass is 10.0. The fourth-order valence-electron chi connectivity index (χ4n) is 4.03. The first-order valence-electron chi connectivity index (χ1n) is 12.4. The van der Waals surface area contributed by atoms with E-state index in [1.165, 1.54) is 0 Å². The van der Waals surface area contributed by atoms with E-state index in [0.29, 0.717) is 17.9 Å². The highest BCUT2D eigenvalue weighted by molar-refractivity contribution is 6.02. The van der Waals surface area contributed by atoms with E-state index >= 15 is 0 Å². The molecule has 0 aliphatic carbocycles. The fourth-order valence-corrected chi connectivity index (χ4v) is 4.03. The molecule has 1 heterocycles. The van der Waals surface area contributed by atoms with Crippen LogP contribution in [0.15, 0.2) is 90.6 Å². The number of benzene rings is 3. The Morgan fingerprint density at radius 3 is 2.46 bits per heavy atom. The monoisotopic (exact) mass is 490 g/mol. The molecule has 4 aromatic rings. The standard InChI is InChI=1S/C31H30N4O2/c1-4-17-37-28-15-16-29(22(2)18-28)30-26(21-35(34-30)27-13-9-6-10-14-27)19-25(20-32)31(36)33-23(3)24-11-7-5-8-12-24/h5-16,18-19,21,23H,4,17H2,1-3H3,(H,33,36)/b25-19-. The molecule has 1 atom stereocenters.